The Balaban J connectivity index is 2.59. The topological polar surface area (TPSA) is 30.5 Å². The van der Waals surface area contributed by atoms with Crippen molar-refractivity contribution in [3.05, 3.63) is 29.8 Å². The van der Waals surface area contributed by atoms with E-state index in [0.29, 0.717) is 12.5 Å². The van der Waals surface area contributed by atoms with Gasteiger partial charge in [-0.1, -0.05) is 32.9 Å². The summed E-state index contributed by atoms with van der Waals surface area (Å²) in [5.41, 5.74) is 1.14. The van der Waals surface area contributed by atoms with Gasteiger partial charge in [0, 0.05) is 13.7 Å². The second kappa shape index (κ2) is 8.94. The summed E-state index contributed by atoms with van der Waals surface area (Å²) in [5, 5.41) is 3.43. The molecule has 0 spiro atoms. The third kappa shape index (κ3) is 6.08. The number of ether oxygens (including phenoxy) is 2. The van der Waals surface area contributed by atoms with Gasteiger partial charge in [-0.3, -0.25) is 0 Å². The number of hydrogen-bond acceptors (Lipinski definition) is 3. The van der Waals surface area contributed by atoms with Gasteiger partial charge in [0.15, 0.2) is 0 Å². The van der Waals surface area contributed by atoms with E-state index < -0.39 is 0 Å². The molecule has 0 fully saturated rings. The lowest BCUT2D eigenvalue weighted by Gasteiger charge is -2.23. The van der Waals surface area contributed by atoms with Crippen molar-refractivity contribution >= 4 is 0 Å². The first-order valence-electron chi connectivity index (χ1n) is 7.12. The second-order valence-corrected chi connectivity index (χ2v) is 5.18. The van der Waals surface area contributed by atoms with Crippen LogP contribution in [0.4, 0.5) is 0 Å². The molecule has 3 nitrogen and oxygen atoms in total. The number of nitrogens with one attached hydrogen (secondary N) is 1. The van der Waals surface area contributed by atoms with Crippen LogP contribution < -0.4 is 10.1 Å². The Kier molecular flexibility index (Phi) is 7.53. The minimum atomic E-state index is 0.198. The predicted octanol–water partition coefficient (Wildman–Crippen LogP) is 3.24. The van der Waals surface area contributed by atoms with Gasteiger partial charge in [-0.15, -0.1) is 0 Å². The first-order valence-corrected chi connectivity index (χ1v) is 7.12. The van der Waals surface area contributed by atoms with E-state index in [2.05, 4.69) is 38.2 Å². The Bertz CT molecular complexity index is 352. The van der Waals surface area contributed by atoms with Gasteiger partial charge in [0.1, 0.15) is 11.9 Å². The van der Waals surface area contributed by atoms with Crippen LogP contribution in [0.2, 0.25) is 0 Å². The molecular formula is C16H27NO2. The van der Waals surface area contributed by atoms with E-state index in [4.69, 9.17) is 9.47 Å². The van der Waals surface area contributed by atoms with Crippen molar-refractivity contribution in [3.8, 4) is 5.75 Å². The molecule has 0 aliphatic carbocycles. The van der Waals surface area contributed by atoms with E-state index >= 15 is 0 Å². The zero-order valence-electron chi connectivity index (χ0n) is 12.6. The maximum Gasteiger partial charge on any atom is 0.120 e. The minimum absolute atomic E-state index is 0.198. The zero-order chi connectivity index (χ0) is 14.1. The van der Waals surface area contributed by atoms with E-state index in [9.17, 15) is 0 Å². The van der Waals surface area contributed by atoms with Crippen LogP contribution in [0.25, 0.3) is 0 Å². The molecule has 0 amide bonds. The van der Waals surface area contributed by atoms with E-state index in [0.717, 1.165) is 30.8 Å². The van der Waals surface area contributed by atoms with Crippen LogP contribution in [-0.4, -0.2) is 26.3 Å². The first kappa shape index (κ1) is 16.0. The molecule has 0 saturated heterocycles. The molecule has 0 saturated carbocycles. The highest BCUT2D eigenvalue weighted by atomic mass is 16.5. The van der Waals surface area contributed by atoms with Crippen LogP contribution in [0, 0.1) is 5.92 Å². The van der Waals surface area contributed by atoms with Crippen LogP contribution in [0.5, 0.6) is 5.75 Å². The Morgan fingerprint density at radius 3 is 2.68 bits per heavy atom. The maximum absolute atomic E-state index is 6.09. The molecule has 1 aromatic rings. The average molecular weight is 265 g/mol. The molecule has 0 aliphatic rings. The number of rotatable bonds is 9. The highest BCUT2D eigenvalue weighted by Crippen LogP contribution is 2.18. The fourth-order valence-electron chi connectivity index (χ4n) is 1.88. The lowest BCUT2D eigenvalue weighted by Crippen LogP contribution is -2.35. The highest BCUT2D eigenvalue weighted by Gasteiger charge is 2.14. The Hall–Kier alpha value is -1.06. The van der Waals surface area contributed by atoms with Gasteiger partial charge >= 0.3 is 0 Å². The monoisotopic (exact) mass is 265 g/mol. The van der Waals surface area contributed by atoms with Crippen molar-refractivity contribution < 1.29 is 9.47 Å². The molecule has 0 bridgehead atoms. The van der Waals surface area contributed by atoms with E-state index in [1.54, 1.807) is 7.11 Å². The van der Waals surface area contributed by atoms with Gasteiger partial charge in [0.2, 0.25) is 0 Å². The highest BCUT2D eigenvalue weighted by molar-refractivity contribution is 5.28. The van der Waals surface area contributed by atoms with Gasteiger partial charge in [-0.25, -0.2) is 0 Å². The largest absolute Gasteiger partial charge is 0.489 e. The van der Waals surface area contributed by atoms with Gasteiger partial charge in [-0.2, -0.15) is 0 Å². The molecule has 3 heteroatoms. The van der Waals surface area contributed by atoms with Gasteiger partial charge < -0.3 is 14.8 Å². The molecule has 19 heavy (non-hydrogen) atoms. The molecule has 0 aliphatic heterocycles. The summed E-state index contributed by atoms with van der Waals surface area (Å²) in [5.74, 6) is 1.40. The molecule has 0 radical (unpaired) electrons. The summed E-state index contributed by atoms with van der Waals surface area (Å²) >= 11 is 0. The standard InChI is InChI=1S/C16H27NO2/c1-5-9-17-11-16(13(2)3)19-15-8-6-7-14(10-15)12-18-4/h6-8,10,13,16-17H,5,9,11-12H2,1-4H3. The van der Waals surface area contributed by atoms with Crippen molar-refractivity contribution in [3.63, 3.8) is 0 Å². The zero-order valence-corrected chi connectivity index (χ0v) is 12.6. The van der Waals surface area contributed by atoms with E-state index in [-0.39, 0.29) is 6.10 Å². The third-order valence-electron chi connectivity index (χ3n) is 3.01. The number of benzene rings is 1. The maximum atomic E-state index is 6.09. The summed E-state index contributed by atoms with van der Waals surface area (Å²) in [6, 6.07) is 8.13. The molecule has 1 unspecified atom stereocenters. The molecular weight excluding hydrogens is 238 g/mol. The summed E-state index contributed by atoms with van der Waals surface area (Å²) in [6.07, 6.45) is 1.35. The van der Waals surface area contributed by atoms with Crippen molar-refractivity contribution in [2.45, 2.75) is 39.9 Å². The fraction of sp³-hybridized carbons (Fsp3) is 0.625. The molecule has 108 valence electrons. The number of hydrogen-bond donors (Lipinski definition) is 1. The molecule has 1 rings (SSSR count). The van der Waals surface area contributed by atoms with Crippen molar-refractivity contribution in [1.82, 2.24) is 5.32 Å². The summed E-state index contributed by atoms with van der Waals surface area (Å²) in [7, 11) is 1.71. The normalized spacial score (nSPS) is 12.7. The van der Waals surface area contributed by atoms with Crippen LogP contribution >= 0.6 is 0 Å². The fourth-order valence-corrected chi connectivity index (χ4v) is 1.88. The quantitative estimate of drug-likeness (QED) is 0.695. The Morgan fingerprint density at radius 2 is 2.05 bits per heavy atom. The molecule has 1 N–H and O–H groups in total. The van der Waals surface area contributed by atoms with Crippen LogP contribution in [0.1, 0.15) is 32.8 Å². The van der Waals surface area contributed by atoms with Crippen molar-refractivity contribution in [2.24, 2.45) is 5.92 Å². The summed E-state index contributed by atoms with van der Waals surface area (Å²) in [6.45, 7) is 9.11. The molecule has 1 atom stereocenters. The van der Waals surface area contributed by atoms with Crippen molar-refractivity contribution in [1.29, 1.82) is 0 Å². The SMILES string of the molecule is CCCNCC(Oc1cccc(COC)c1)C(C)C. The molecule has 1 aromatic carbocycles. The third-order valence-corrected chi connectivity index (χ3v) is 3.01. The van der Waals surface area contributed by atoms with Crippen LogP contribution in [0.3, 0.4) is 0 Å². The molecule has 0 aromatic heterocycles. The van der Waals surface area contributed by atoms with E-state index in [1.807, 2.05) is 12.1 Å². The van der Waals surface area contributed by atoms with Crippen molar-refractivity contribution in [2.75, 3.05) is 20.2 Å². The van der Waals surface area contributed by atoms with Crippen LogP contribution in [0.15, 0.2) is 24.3 Å². The lowest BCUT2D eigenvalue weighted by atomic mass is 10.1. The van der Waals surface area contributed by atoms with Gasteiger partial charge in [0.05, 0.1) is 6.61 Å². The molecule has 0 heterocycles. The number of methoxy groups -OCH3 is 1. The van der Waals surface area contributed by atoms with Crippen LogP contribution in [-0.2, 0) is 11.3 Å². The summed E-state index contributed by atoms with van der Waals surface area (Å²) in [4.78, 5) is 0. The van der Waals surface area contributed by atoms with Gasteiger partial charge in [0.25, 0.3) is 0 Å². The Morgan fingerprint density at radius 1 is 1.26 bits per heavy atom. The Labute approximate surface area is 117 Å². The first-order chi connectivity index (χ1) is 9.17. The minimum Gasteiger partial charge on any atom is -0.489 e. The second-order valence-electron chi connectivity index (χ2n) is 5.18. The van der Waals surface area contributed by atoms with Gasteiger partial charge in [-0.05, 0) is 36.6 Å². The van der Waals surface area contributed by atoms with E-state index in [1.165, 1.54) is 0 Å². The lowest BCUT2D eigenvalue weighted by molar-refractivity contribution is 0.148. The average Bonchev–Trinajstić information content (AvgIpc) is 2.38. The predicted molar refractivity (Wildman–Crippen MR) is 79.6 cm³/mol. The smallest absolute Gasteiger partial charge is 0.120 e. The summed E-state index contributed by atoms with van der Waals surface area (Å²) < 4.78 is 11.2.